The number of fused-ring (bicyclic) bond motifs is 10. The molecular formula is C57H40N2O. The number of aromatic nitrogens is 1. The summed E-state index contributed by atoms with van der Waals surface area (Å²) in [7, 11) is 0. The van der Waals surface area contributed by atoms with Crippen LogP contribution >= 0.6 is 0 Å². The summed E-state index contributed by atoms with van der Waals surface area (Å²) in [6.07, 6.45) is 0. The molecule has 0 saturated heterocycles. The summed E-state index contributed by atoms with van der Waals surface area (Å²) >= 11 is 0. The van der Waals surface area contributed by atoms with Gasteiger partial charge in [-0.25, -0.2) is 0 Å². The fourth-order valence-electron chi connectivity index (χ4n) is 9.88. The zero-order chi connectivity index (χ0) is 40.0. The van der Waals surface area contributed by atoms with Crippen molar-refractivity contribution >= 4 is 60.8 Å². The third-order valence-electron chi connectivity index (χ3n) is 12.8. The molecule has 2 aromatic heterocycles. The van der Waals surface area contributed by atoms with Crippen molar-refractivity contribution in [3.63, 3.8) is 0 Å². The molecule has 1 aliphatic rings. The summed E-state index contributed by atoms with van der Waals surface area (Å²) in [6, 6.07) is 74.7. The molecule has 12 rings (SSSR count). The molecule has 0 spiro atoms. The predicted octanol–water partition coefficient (Wildman–Crippen LogP) is 15.8. The van der Waals surface area contributed by atoms with E-state index in [0.717, 1.165) is 55.8 Å². The number of anilines is 3. The number of hydrogen-bond acceptors (Lipinski definition) is 2. The largest absolute Gasteiger partial charge is 0.456 e. The molecule has 0 amide bonds. The lowest BCUT2D eigenvalue weighted by Crippen LogP contribution is -2.16. The fourth-order valence-corrected chi connectivity index (χ4v) is 9.88. The van der Waals surface area contributed by atoms with E-state index in [9.17, 15) is 0 Å². The molecular weight excluding hydrogens is 729 g/mol. The summed E-state index contributed by atoms with van der Waals surface area (Å²) in [6.45, 7) is 4.69. The van der Waals surface area contributed by atoms with Gasteiger partial charge in [0.25, 0.3) is 0 Å². The van der Waals surface area contributed by atoms with Crippen LogP contribution in [0, 0.1) is 0 Å². The van der Waals surface area contributed by atoms with Crippen molar-refractivity contribution < 1.29 is 4.42 Å². The summed E-state index contributed by atoms with van der Waals surface area (Å²) in [4.78, 5) is 2.39. The maximum atomic E-state index is 6.66. The Kier molecular flexibility index (Phi) is 7.58. The fraction of sp³-hybridized carbons (Fsp3) is 0.0526. The van der Waals surface area contributed by atoms with Gasteiger partial charge in [0, 0.05) is 49.7 Å². The van der Waals surface area contributed by atoms with Crippen molar-refractivity contribution in [2.75, 3.05) is 4.90 Å². The molecule has 284 valence electrons. The van der Waals surface area contributed by atoms with E-state index in [1.54, 1.807) is 0 Å². The molecule has 0 unspecified atom stereocenters. The van der Waals surface area contributed by atoms with Gasteiger partial charge in [0.2, 0.25) is 0 Å². The van der Waals surface area contributed by atoms with Crippen molar-refractivity contribution in [1.82, 2.24) is 4.57 Å². The molecule has 0 saturated carbocycles. The van der Waals surface area contributed by atoms with Crippen molar-refractivity contribution in [3.05, 3.63) is 217 Å². The van der Waals surface area contributed by atoms with E-state index in [1.165, 1.54) is 55.2 Å². The van der Waals surface area contributed by atoms with Gasteiger partial charge >= 0.3 is 0 Å². The Morgan fingerprint density at radius 1 is 0.400 bits per heavy atom. The number of rotatable bonds is 6. The minimum atomic E-state index is -0.103. The topological polar surface area (TPSA) is 21.3 Å². The van der Waals surface area contributed by atoms with Gasteiger partial charge in [0.15, 0.2) is 0 Å². The van der Waals surface area contributed by atoms with Crippen LogP contribution in [0.1, 0.15) is 25.0 Å². The third kappa shape index (κ3) is 5.22. The maximum Gasteiger partial charge on any atom is 0.136 e. The standard InChI is InChI=1S/C57H40N2O/c1-57(2)49-19-11-9-17-45(49)46-32-30-44(36-50(46)57)58(42-26-21-38(22-27-42)37-13-5-3-6-14-37)43-28-23-39(24-29-43)40-25-31-48-54(35-40)60-53-34-33-52-55(56(48)53)47-18-10-12-20-51(47)59(52)41-15-7-4-8-16-41/h3-36H,1-2H3. The molecule has 0 bridgehead atoms. The lowest BCUT2D eigenvalue weighted by Gasteiger charge is -2.28. The Hall–Kier alpha value is -7.62. The monoisotopic (exact) mass is 768 g/mol. The third-order valence-corrected chi connectivity index (χ3v) is 12.8. The Balaban J connectivity index is 0.951. The molecule has 0 N–H and O–H groups in total. The van der Waals surface area contributed by atoms with Crippen molar-refractivity contribution in [2.24, 2.45) is 0 Å². The van der Waals surface area contributed by atoms with E-state index < -0.39 is 0 Å². The van der Waals surface area contributed by atoms with Crippen LogP contribution in [-0.2, 0) is 5.41 Å². The lowest BCUT2D eigenvalue weighted by atomic mass is 9.82. The minimum absolute atomic E-state index is 0.103. The highest BCUT2D eigenvalue weighted by atomic mass is 16.3. The van der Waals surface area contributed by atoms with E-state index in [2.05, 4.69) is 230 Å². The highest BCUT2D eigenvalue weighted by molar-refractivity contribution is 6.27. The number of hydrogen-bond donors (Lipinski definition) is 0. The Bertz CT molecular complexity index is 3430. The average Bonchev–Trinajstić information content (AvgIpc) is 3.92. The molecule has 0 fully saturated rings. The van der Waals surface area contributed by atoms with E-state index in [4.69, 9.17) is 4.42 Å². The van der Waals surface area contributed by atoms with Crippen LogP contribution in [0.5, 0.6) is 0 Å². The molecule has 0 atom stereocenters. The van der Waals surface area contributed by atoms with E-state index in [0.29, 0.717) is 0 Å². The van der Waals surface area contributed by atoms with Gasteiger partial charge in [-0.1, -0.05) is 141 Å². The highest BCUT2D eigenvalue weighted by Gasteiger charge is 2.35. The molecule has 2 heterocycles. The van der Waals surface area contributed by atoms with Crippen molar-refractivity contribution in [3.8, 4) is 39.1 Å². The SMILES string of the molecule is CC1(C)c2ccccc2-c2ccc(N(c3ccc(-c4ccccc4)cc3)c3ccc(-c4ccc5c(c4)oc4ccc6c(c7ccccc7n6-c6ccccc6)c45)cc3)cc21. The zero-order valence-electron chi connectivity index (χ0n) is 33.4. The number of furan rings is 1. The lowest BCUT2D eigenvalue weighted by molar-refractivity contribution is 0.660. The molecule has 0 aliphatic heterocycles. The first-order chi connectivity index (χ1) is 29.5. The van der Waals surface area contributed by atoms with Gasteiger partial charge in [-0.2, -0.15) is 0 Å². The molecule has 60 heavy (non-hydrogen) atoms. The summed E-state index contributed by atoms with van der Waals surface area (Å²) in [5.41, 5.74) is 18.6. The van der Waals surface area contributed by atoms with Crippen molar-refractivity contribution in [2.45, 2.75) is 19.3 Å². The first kappa shape index (κ1) is 34.4. The number of nitrogens with zero attached hydrogens (tertiary/aromatic N) is 2. The first-order valence-corrected chi connectivity index (χ1v) is 20.8. The second kappa shape index (κ2) is 13.2. The van der Waals surface area contributed by atoms with E-state index in [1.807, 2.05) is 0 Å². The Morgan fingerprint density at radius 2 is 1.00 bits per heavy atom. The predicted molar refractivity (Wildman–Crippen MR) is 251 cm³/mol. The average molecular weight is 769 g/mol. The Labute approximate surface area is 349 Å². The molecule has 9 aromatic carbocycles. The maximum absolute atomic E-state index is 6.66. The van der Waals surface area contributed by atoms with Gasteiger partial charge in [-0.15, -0.1) is 0 Å². The molecule has 3 nitrogen and oxygen atoms in total. The summed E-state index contributed by atoms with van der Waals surface area (Å²) in [5, 5.41) is 4.72. The molecule has 0 radical (unpaired) electrons. The summed E-state index contributed by atoms with van der Waals surface area (Å²) in [5.74, 6) is 0. The molecule has 1 aliphatic carbocycles. The van der Waals surface area contributed by atoms with E-state index in [-0.39, 0.29) is 5.41 Å². The van der Waals surface area contributed by atoms with Crippen LogP contribution in [0.25, 0.3) is 82.8 Å². The molecule has 3 heteroatoms. The first-order valence-electron chi connectivity index (χ1n) is 20.8. The van der Waals surface area contributed by atoms with Gasteiger partial charge in [0.05, 0.1) is 11.0 Å². The number of benzene rings is 9. The second-order valence-corrected chi connectivity index (χ2v) is 16.5. The van der Waals surface area contributed by atoms with Crippen LogP contribution in [0.3, 0.4) is 0 Å². The van der Waals surface area contributed by atoms with Crippen LogP contribution in [0.15, 0.2) is 211 Å². The van der Waals surface area contributed by atoms with Crippen LogP contribution in [-0.4, -0.2) is 4.57 Å². The van der Waals surface area contributed by atoms with E-state index >= 15 is 0 Å². The number of para-hydroxylation sites is 2. The quantitative estimate of drug-likeness (QED) is 0.168. The van der Waals surface area contributed by atoms with Crippen LogP contribution in [0.2, 0.25) is 0 Å². The molecule has 11 aromatic rings. The van der Waals surface area contributed by atoms with Gasteiger partial charge in [0.1, 0.15) is 11.2 Å². The van der Waals surface area contributed by atoms with Crippen LogP contribution in [0.4, 0.5) is 17.1 Å². The minimum Gasteiger partial charge on any atom is -0.456 e. The van der Waals surface area contributed by atoms with Crippen molar-refractivity contribution in [1.29, 1.82) is 0 Å². The smallest absolute Gasteiger partial charge is 0.136 e. The zero-order valence-corrected chi connectivity index (χ0v) is 33.4. The van der Waals surface area contributed by atoms with Crippen LogP contribution < -0.4 is 4.90 Å². The van der Waals surface area contributed by atoms with Gasteiger partial charge < -0.3 is 13.9 Å². The van der Waals surface area contributed by atoms with Gasteiger partial charge in [-0.3, -0.25) is 0 Å². The Morgan fingerprint density at radius 3 is 1.77 bits per heavy atom. The second-order valence-electron chi connectivity index (χ2n) is 16.5. The van der Waals surface area contributed by atoms with Gasteiger partial charge in [-0.05, 0) is 123 Å². The summed E-state index contributed by atoms with van der Waals surface area (Å²) < 4.78 is 9.03. The normalized spacial score (nSPS) is 13.0. The highest BCUT2D eigenvalue weighted by Crippen LogP contribution is 2.51.